The molecule has 1 unspecified atom stereocenters. The van der Waals surface area contributed by atoms with E-state index < -0.39 is 11.9 Å². The molecule has 0 aliphatic heterocycles. The number of hydrogen-bond acceptors (Lipinski definition) is 2. The first-order chi connectivity index (χ1) is 9.74. The molecule has 1 heterocycles. The maximum absolute atomic E-state index is 12.9. The van der Waals surface area contributed by atoms with Crippen LogP contribution in [0.4, 0.5) is 13.2 Å². The van der Waals surface area contributed by atoms with E-state index in [9.17, 15) is 18.0 Å². The molecule has 4 nitrogen and oxygen atoms in total. The van der Waals surface area contributed by atoms with Crippen molar-refractivity contribution in [3.05, 3.63) is 15.9 Å². The van der Waals surface area contributed by atoms with E-state index in [4.69, 9.17) is 0 Å². The van der Waals surface area contributed by atoms with Crippen LogP contribution >= 0.6 is 15.9 Å². The third kappa shape index (κ3) is 3.78. The van der Waals surface area contributed by atoms with Crippen molar-refractivity contribution in [1.29, 1.82) is 0 Å². The molecule has 2 rings (SSSR count). The Bertz CT molecular complexity index is 537. The monoisotopic (exact) mass is 367 g/mol. The molecular weight excluding hydrogens is 351 g/mol. The van der Waals surface area contributed by atoms with Crippen molar-refractivity contribution in [2.45, 2.75) is 57.8 Å². The molecule has 0 radical (unpaired) electrons. The summed E-state index contributed by atoms with van der Waals surface area (Å²) >= 11 is 3.00. The third-order valence-electron chi connectivity index (χ3n) is 3.48. The molecule has 21 heavy (non-hydrogen) atoms. The van der Waals surface area contributed by atoms with Crippen molar-refractivity contribution in [1.82, 2.24) is 15.1 Å². The topological polar surface area (TPSA) is 46.9 Å². The average Bonchev–Trinajstić information content (AvgIpc) is 3.13. The summed E-state index contributed by atoms with van der Waals surface area (Å²) < 4.78 is 39.9. The smallest absolute Gasteiger partial charge is 0.352 e. The maximum atomic E-state index is 12.9. The van der Waals surface area contributed by atoms with Gasteiger partial charge in [-0.05, 0) is 42.1 Å². The van der Waals surface area contributed by atoms with Crippen LogP contribution in [0.25, 0.3) is 0 Å². The number of carbonyl (C=O) groups is 1. The summed E-state index contributed by atoms with van der Waals surface area (Å²) in [6.45, 7) is 3.58. The normalized spacial score (nSPS) is 16.9. The van der Waals surface area contributed by atoms with Gasteiger partial charge in [0, 0.05) is 12.0 Å². The highest BCUT2D eigenvalue weighted by atomic mass is 79.9. The quantitative estimate of drug-likeness (QED) is 0.866. The molecule has 1 amide bonds. The van der Waals surface area contributed by atoms with E-state index in [-0.39, 0.29) is 28.9 Å². The van der Waals surface area contributed by atoms with Crippen molar-refractivity contribution >= 4 is 21.8 Å². The minimum atomic E-state index is -4.53. The zero-order chi connectivity index (χ0) is 15.8. The van der Waals surface area contributed by atoms with Crippen LogP contribution in [0, 0.1) is 0 Å². The van der Waals surface area contributed by atoms with Gasteiger partial charge in [0.1, 0.15) is 6.54 Å². The Kier molecular flexibility index (Phi) is 4.65. The molecule has 118 valence electrons. The first-order valence-corrected chi connectivity index (χ1v) is 7.66. The molecular formula is C13H17BrF3N3O. The molecule has 1 N–H and O–H groups in total. The summed E-state index contributed by atoms with van der Waals surface area (Å²) in [5, 5.41) is 6.34. The molecule has 0 aromatic carbocycles. The first kappa shape index (κ1) is 16.3. The molecule has 0 bridgehead atoms. The molecule has 1 fully saturated rings. The summed E-state index contributed by atoms with van der Waals surface area (Å²) in [6, 6.07) is -0.0111. The summed E-state index contributed by atoms with van der Waals surface area (Å²) in [5.41, 5.74) is -0.484. The van der Waals surface area contributed by atoms with Crippen molar-refractivity contribution in [3.8, 4) is 0 Å². The van der Waals surface area contributed by atoms with Crippen LogP contribution in [-0.2, 0) is 17.5 Å². The van der Waals surface area contributed by atoms with Gasteiger partial charge >= 0.3 is 6.18 Å². The molecule has 1 atom stereocenters. The van der Waals surface area contributed by atoms with E-state index in [1.165, 1.54) is 4.68 Å². The minimum absolute atomic E-state index is 0.0111. The van der Waals surface area contributed by atoms with Gasteiger partial charge in [-0.3, -0.25) is 9.48 Å². The van der Waals surface area contributed by atoms with E-state index >= 15 is 0 Å². The second-order valence-corrected chi connectivity index (χ2v) is 6.15. The van der Waals surface area contributed by atoms with Gasteiger partial charge in [-0.15, -0.1) is 0 Å². The second kappa shape index (κ2) is 5.98. The highest BCUT2D eigenvalue weighted by molar-refractivity contribution is 9.10. The van der Waals surface area contributed by atoms with Crippen LogP contribution in [0.5, 0.6) is 0 Å². The third-order valence-corrected chi connectivity index (χ3v) is 4.26. The van der Waals surface area contributed by atoms with Crippen LogP contribution in [-0.4, -0.2) is 21.7 Å². The lowest BCUT2D eigenvalue weighted by atomic mass is 10.2. The largest absolute Gasteiger partial charge is 0.436 e. The van der Waals surface area contributed by atoms with Crippen LogP contribution < -0.4 is 5.32 Å². The van der Waals surface area contributed by atoms with Crippen molar-refractivity contribution in [3.63, 3.8) is 0 Å². The van der Waals surface area contributed by atoms with Gasteiger partial charge in [-0.2, -0.15) is 18.3 Å². The van der Waals surface area contributed by atoms with E-state index in [0.29, 0.717) is 5.69 Å². The van der Waals surface area contributed by atoms with Gasteiger partial charge in [0.25, 0.3) is 0 Å². The first-order valence-electron chi connectivity index (χ1n) is 6.86. The van der Waals surface area contributed by atoms with E-state index in [2.05, 4.69) is 26.3 Å². The Balaban J connectivity index is 2.24. The van der Waals surface area contributed by atoms with Crippen LogP contribution in [0.15, 0.2) is 4.47 Å². The number of rotatable bonds is 5. The number of hydrogen-bond donors (Lipinski definition) is 1. The molecule has 1 saturated carbocycles. The van der Waals surface area contributed by atoms with Gasteiger partial charge in [0.15, 0.2) is 5.69 Å². The zero-order valence-corrected chi connectivity index (χ0v) is 13.4. The highest BCUT2D eigenvalue weighted by Gasteiger charge is 2.41. The summed E-state index contributed by atoms with van der Waals surface area (Å²) in [6.07, 6.45) is -2.11. The van der Waals surface area contributed by atoms with E-state index in [1.807, 2.05) is 13.8 Å². The SMILES string of the molecule is CCC(C)NC(=O)Cn1nc(C(F)(F)F)c(Br)c1C1CC1. The van der Waals surface area contributed by atoms with Gasteiger partial charge in [-0.1, -0.05) is 6.92 Å². The molecule has 1 aromatic heterocycles. The summed E-state index contributed by atoms with van der Waals surface area (Å²) in [5.74, 6) is -0.269. The van der Waals surface area contributed by atoms with Crippen molar-refractivity contribution < 1.29 is 18.0 Å². The van der Waals surface area contributed by atoms with E-state index in [0.717, 1.165) is 19.3 Å². The highest BCUT2D eigenvalue weighted by Crippen LogP contribution is 2.46. The van der Waals surface area contributed by atoms with Gasteiger partial charge in [0.05, 0.1) is 10.2 Å². The van der Waals surface area contributed by atoms with Crippen molar-refractivity contribution in [2.75, 3.05) is 0 Å². The average molecular weight is 368 g/mol. The Morgan fingerprint density at radius 1 is 1.52 bits per heavy atom. The number of carbonyl (C=O) groups excluding carboxylic acids is 1. The number of alkyl halides is 3. The van der Waals surface area contributed by atoms with Gasteiger partial charge in [-0.25, -0.2) is 0 Å². The summed E-state index contributed by atoms with van der Waals surface area (Å²) in [4.78, 5) is 11.9. The molecule has 0 spiro atoms. The Hall–Kier alpha value is -1.05. The number of nitrogens with zero attached hydrogens (tertiary/aromatic N) is 2. The maximum Gasteiger partial charge on any atom is 0.436 e. The van der Waals surface area contributed by atoms with E-state index in [1.54, 1.807) is 0 Å². The fourth-order valence-electron chi connectivity index (χ4n) is 2.06. The van der Waals surface area contributed by atoms with Crippen molar-refractivity contribution in [2.24, 2.45) is 0 Å². The van der Waals surface area contributed by atoms with Gasteiger partial charge < -0.3 is 5.32 Å². The Morgan fingerprint density at radius 2 is 2.14 bits per heavy atom. The van der Waals surface area contributed by atoms with Crippen LogP contribution in [0.3, 0.4) is 0 Å². The lowest BCUT2D eigenvalue weighted by molar-refractivity contribution is -0.142. The van der Waals surface area contributed by atoms with Crippen LogP contribution in [0.1, 0.15) is 50.4 Å². The molecule has 8 heteroatoms. The second-order valence-electron chi connectivity index (χ2n) is 5.35. The zero-order valence-electron chi connectivity index (χ0n) is 11.8. The minimum Gasteiger partial charge on any atom is -0.352 e. The molecule has 1 aliphatic carbocycles. The number of halogens is 4. The molecule has 1 aliphatic rings. The fraction of sp³-hybridized carbons (Fsp3) is 0.692. The van der Waals surface area contributed by atoms with Gasteiger partial charge in [0.2, 0.25) is 5.91 Å². The lowest BCUT2D eigenvalue weighted by Crippen LogP contribution is -2.35. The Labute approximate surface area is 129 Å². The molecule has 1 aromatic rings. The number of aromatic nitrogens is 2. The fourth-order valence-corrected chi connectivity index (χ4v) is 2.89. The number of amides is 1. The standard InChI is InChI=1S/C13H17BrF3N3O/c1-3-7(2)18-9(21)6-20-11(8-4-5-8)10(14)12(19-20)13(15,16)17/h7-8H,3-6H2,1-2H3,(H,18,21). The predicted molar refractivity (Wildman–Crippen MR) is 74.8 cm³/mol. The molecule has 0 saturated heterocycles. The van der Waals surface area contributed by atoms with Crippen LogP contribution in [0.2, 0.25) is 0 Å². The lowest BCUT2D eigenvalue weighted by Gasteiger charge is -2.12. The Morgan fingerprint density at radius 3 is 2.62 bits per heavy atom. The number of nitrogens with one attached hydrogen (secondary N) is 1. The summed E-state index contributed by atoms with van der Waals surface area (Å²) in [7, 11) is 0. The predicted octanol–water partition coefficient (Wildman–Crippen LogP) is 3.46.